The molecule has 0 heterocycles. The van der Waals surface area contributed by atoms with Crippen molar-refractivity contribution in [3.8, 4) is 11.8 Å². The normalized spacial score (nSPS) is 10.8. The van der Waals surface area contributed by atoms with Crippen molar-refractivity contribution in [3.63, 3.8) is 0 Å². The summed E-state index contributed by atoms with van der Waals surface area (Å²) in [4.78, 5) is 23.1. The first-order valence-corrected chi connectivity index (χ1v) is 9.89. The van der Waals surface area contributed by atoms with Crippen LogP contribution in [0, 0.1) is 28.4 Å². The Bertz CT molecular complexity index is 1250. The van der Waals surface area contributed by atoms with Crippen LogP contribution in [0.25, 0.3) is 6.08 Å². The third kappa shape index (κ3) is 5.72. The fourth-order valence-electron chi connectivity index (χ4n) is 2.83. The topological polar surface area (TPSA) is 105 Å². The lowest BCUT2D eigenvalue weighted by Crippen LogP contribution is -2.13. The highest BCUT2D eigenvalue weighted by molar-refractivity contribution is 6.31. The summed E-state index contributed by atoms with van der Waals surface area (Å²) in [5.41, 5.74) is 2.34. The Morgan fingerprint density at radius 1 is 1.19 bits per heavy atom. The highest BCUT2D eigenvalue weighted by atomic mass is 35.5. The molecule has 7 nitrogen and oxygen atoms in total. The number of hydrogen-bond donors (Lipinski definition) is 1. The Kier molecular flexibility index (Phi) is 7.21. The summed E-state index contributed by atoms with van der Waals surface area (Å²) < 4.78 is 5.80. The van der Waals surface area contributed by atoms with Crippen LogP contribution in [-0.2, 0) is 11.4 Å². The first kappa shape index (κ1) is 22.5. The van der Waals surface area contributed by atoms with E-state index in [0.717, 1.165) is 5.56 Å². The maximum absolute atomic E-state index is 12.6. The third-order valence-corrected chi connectivity index (χ3v) is 4.94. The lowest BCUT2D eigenvalue weighted by molar-refractivity contribution is -0.384. The average molecular weight is 448 g/mol. The van der Waals surface area contributed by atoms with Crippen LogP contribution in [-0.4, -0.2) is 10.8 Å². The molecule has 0 saturated heterocycles. The van der Waals surface area contributed by atoms with E-state index in [9.17, 15) is 20.2 Å². The van der Waals surface area contributed by atoms with Crippen LogP contribution in [0.1, 0.15) is 16.7 Å². The average Bonchev–Trinajstić information content (AvgIpc) is 2.79. The van der Waals surface area contributed by atoms with Crippen molar-refractivity contribution >= 4 is 35.0 Å². The van der Waals surface area contributed by atoms with Crippen LogP contribution < -0.4 is 10.1 Å². The Morgan fingerprint density at radius 3 is 2.69 bits per heavy atom. The van der Waals surface area contributed by atoms with Gasteiger partial charge in [-0.3, -0.25) is 14.9 Å². The molecule has 0 radical (unpaired) electrons. The van der Waals surface area contributed by atoms with Crippen LogP contribution in [0.3, 0.4) is 0 Å². The maximum Gasteiger partial charge on any atom is 0.269 e. The van der Waals surface area contributed by atoms with Gasteiger partial charge in [-0.15, -0.1) is 0 Å². The first-order valence-electron chi connectivity index (χ1n) is 9.52. The number of nitrogens with one attached hydrogen (secondary N) is 1. The number of amides is 1. The number of nitriles is 1. The number of hydrogen-bond acceptors (Lipinski definition) is 5. The predicted octanol–water partition coefficient (Wildman–Crippen LogP) is 5.68. The van der Waals surface area contributed by atoms with Crippen molar-refractivity contribution in [1.29, 1.82) is 5.26 Å². The minimum Gasteiger partial charge on any atom is -0.488 e. The van der Waals surface area contributed by atoms with Gasteiger partial charge in [-0.2, -0.15) is 5.26 Å². The van der Waals surface area contributed by atoms with E-state index in [1.165, 1.54) is 18.2 Å². The van der Waals surface area contributed by atoms with E-state index < -0.39 is 10.8 Å². The second kappa shape index (κ2) is 10.2. The van der Waals surface area contributed by atoms with Gasteiger partial charge in [0, 0.05) is 28.4 Å². The van der Waals surface area contributed by atoms with Crippen LogP contribution in [0.15, 0.2) is 72.3 Å². The number of para-hydroxylation sites is 1. The Morgan fingerprint density at radius 2 is 1.97 bits per heavy atom. The summed E-state index contributed by atoms with van der Waals surface area (Å²) in [5, 5.41) is 23.6. The van der Waals surface area contributed by atoms with Crippen LogP contribution in [0.4, 0.5) is 11.4 Å². The molecule has 0 fully saturated rings. The number of non-ortho nitro benzene ring substituents is 1. The summed E-state index contributed by atoms with van der Waals surface area (Å²) in [6, 6.07) is 20.0. The van der Waals surface area contributed by atoms with E-state index >= 15 is 0 Å². The maximum atomic E-state index is 12.6. The van der Waals surface area contributed by atoms with Crippen molar-refractivity contribution in [2.24, 2.45) is 0 Å². The zero-order valence-electron chi connectivity index (χ0n) is 17.0. The van der Waals surface area contributed by atoms with Gasteiger partial charge >= 0.3 is 0 Å². The zero-order chi connectivity index (χ0) is 23.1. The van der Waals surface area contributed by atoms with Gasteiger partial charge in [-0.1, -0.05) is 48.0 Å². The molecule has 0 saturated carbocycles. The molecule has 0 spiro atoms. The lowest BCUT2D eigenvalue weighted by Gasteiger charge is -2.10. The van der Waals surface area contributed by atoms with E-state index in [-0.39, 0.29) is 17.9 Å². The number of nitro benzene ring substituents is 1. The van der Waals surface area contributed by atoms with Crippen molar-refractivity contribution in [2.75, 3.05) is 5.32 Å². The molecule has 0 bridgehead atoms. The molecule has 0 atom stereocenters. The minimum atomic E-state index is -0.582. The van der Waals surface area contributed by atoms with Crippen molar-refractivity contribution in [3.05, 3.63) is 104 Å². The molecule has 8 heteroatoms. The molecule has 3 aromatic carbocycles. The molecule has 32 heavy (non-hydrogen) atoms. The molecule has 1 amide bonds. The highest BCUT2D eigenvalue weighted by Gasteiger charge is 2.12. The van der Waals surface area contributed by atoms with Gasteiger partial charge in [0.1, 0.15) is 24.0 Å². The minimum absolute atomic E-state index is 0.0288. The van der Waals surface area contributed by atoms with Crippen molar-refractivity contribution < 1.29 is 14.5 Å². The van der Waals surface area contributed by atoms with E-state index in [2.05, 4.69) is 5.32 Å². The quantitative estimate of drug-likeness (QED) is 0.217. The summed E-state index contributed by atoms with van der Waals surface area (Å²) in [7, 11) is 0. The molecule has 0 unspecified atom stereocenters. The highest BCUT2D eigenvalue weighted by Crippen LogP contribution is 2.24. The molecule has 0 aliphatic carbocycles. The Labute approximate surface area is 189 Å². The summed E-state index contributed by atoms with van der Waals surface area (Å²) in [6.07, 6.45) is 1.42. The van der Waals surface area contributed by atoms with Gasteiger partial charge in [0.25, 0.3) is 11.6 Å². The molecule has 3 aromatic rings. The smallest absolute Gasteiger partial charge is 0.269 e. The molecule has 0 aliphatic rings. The molecular formula is C24H18ClN3O4. The molecule has 1 N–H and O–H groups in total. The van der Waals surface area contributed by atoms with Gasteiger partial charge in [0.05, 0.1) is 4.92 Å². The molecule has 0 aliphatic heterocycles. The summed E-state index contributed by atoms with van der Waals surface area (Å²) >= 11 is 6.09. The number of aryl methyl sites for hydroxylation is 1. The fourth-order valence-corrected chi connectivity index (χ4v) is 3.01. The molecular weight excluding hydrogens is 430 g/mol. The monoisotopic (exact) mass is 447 g/mol. The number of nitro groups is 1. The standard InChI is InChI=1S/C24H18ClN3O4/c1-16-9-10-20(13-22(16)25)27-24(29)19(14-26)12-18-6-2-3-8-23(18)32-15-17-5-4-7-21(11-17)28(30)31/h2-13H,15H2,1H3,(H,27,29)/b19-12-. The summed E-state index contributed by atoms with van der Waals surface area (Å²) in [5.74, 6) is -0.154. The lowest BCUT2D eigenvalue weighted by atomic mass is 10.1. The number of halogens is 1. The second-order valence-corrected chi connectivity index (χ2v) is 7.25. The third-order valence-electron chi connectivity index (χ3n) is 4.53. The van der Waals surface area contributed by atoms with Crippen LogP contribution in [0.5, 0.6) is 5.75 Å². The number of benzene rings is 3. The largest absolute Gasteiger partial charge is 0.488 e. The van der Waals surface area contributed by atoms with Crippen LogP contribution >= 0.6 is 11.6 Å². The number of nitrogens with zero attached hydrogens (tertiary/aromatic N) is 2. The van der Waals surface area contributed by atoms with Gasteiger partial charge in [0.2, 0.25) is 0 Å². The number of ether oxygens (including phenoxy) is 1. The van der Waals surface area contributed by atoms with E-state index in [4.69, 9.17) is 16.3 Å². The van der Waals surface area contributed by atoms with Crippen molar-refractivity contribution in [1.82, 2.24) is 0 Å². The van der Waals surface area contributed by atoms with Gasteiger partial charge in [0.15, 0.2) is 0 Å². The second-order valence-electron chi connectivity index (χ2n) is 6.84. The Hall–Kier alpha value is -4.15. The predicted molar refractivity (Wildman–Crippen MR) is 122 cm³/mol. The Balaban J connectivity index is 1.79. The molecule has 0 aromatic heterocycles. The number of rotatable bonds is 7. The summed E-state index contributed by atoms with van der Waals surface area (Å²) in [6.45, 7) is 1.93. The van der Waals surface area contributed by atoms with E-state index in [0.29, 0.717) is 27.6 Å². The molecule has 3 rings (SSSR count). The zero-order valence-corrected chi connectivity index (χ0v) is 17.8. The molecule has 160 valence electrons. The first-order chi connectivity index (χ1) is 15.4. The van der Waals surface area contributed by atoms with Gasteiger partial charge in [-0.25, -0.2) is 0 Å². The SMILES string of the molecule is Cc1ccc(NC(=O)/C(C#N)=C\c2ccccc2OCc2cccc([N+](=O)[O-])c2)cc1Cl. The number of anilines is 1. The van der Waals surface area contributed by atoms with E-state index in [1.807, 2.05) is 13.0 Å². The van der Waals surface area contributed by atoms with Crippen molar-refractivity contribution in [2.45, 2.75) is 13.5 Å². The fraction of sp³-hybridized carbons (Fsp3) is 0.0833. The van der Waals surface area contributed by atoms with Gasteiger partial charge < -0.3 is 10.1 Å². The number of carbonyl (C=O) groups is 1. The van der Waals surface area contributed by atoms with Crippen LogP contribution in [0.2, 0.25) is 5.02 Å². The number of carbonyl (C=O) groups excluding carboxylic acids is 1. The van der Waals surface area contributed by atoms with Gasteiger partial charge in [-0.05, 0) is 42.3 Å². The van der Waals surface area contributed by atoms with E-state index in [1.54, 1.807) is 54.6 Å².